The van der Waals surface area contributed by atoms with Crippen LogP contribution >= 0.6 is 0 Å². The van der Waals surface area contributed by atoms with Crippen LogP contribution in [0.5, 0.6) is 5.75 Å². The molecule has 0 radical (unpaired) electrons. The van der Waals surface area contributed by atoms with Gasteiger partial charge in [0, 0.05) is 12.5 Å². The Morgan fingerprint density at radius 1 is 1.56 bits per heavy atom. The summed E-state index contributed by atoms with van der Waals surface area (Å²) >= 11 is 0. The van der Waals surface area contributed by atoms with Crippen molar-refractivity contribution in [2.45, 2.75) is 31.3 Å². The Morgan fingerprint density at radius 2 is 2.44 bits per heavy atom. The van der Waals surface area contributed by atoms with Gasteiger partial charge in [0.25, 0.3) is 0 Å². The summed E-state index contributed by atoms with van der Waals surface area (Å²) in [5.41, 5.74) is -0.181. The zero-order valence-corrected chi connectivity index (χ0v) is 10.8. The second-order valence-corrected chi connectivity index (χ2v) is 5.05. The smallest absolute Gasteiger partial charge is 0.119 e. The number of benzene rings is 1. The van der Waals surface area contributed by atoms with Gasteiger partial charge in [0.2, 0.25) is 0 Å². The van der Waals surface area contributed by atoms with Gasteiger partial charge in [0.15, 0.2) is 0 Å². The van der Waals surface area contributed by atoms with Gasteiger partial charge >= 0.3 is 0 Å². The van der Waals surface area contributed by atoms with Crippen molar-refractivity contribution < 1.29 is 14.0 Å². The summed E-state index contributed by atoms with van der Waals surface area (Å²) in [7, 11) is -0.596. The molecule has 3 nitrogen and oxygen atoms in total. The highest BCUT2D eigenvalue weighted by Gasteiger charge is 2.39. The van der Waals surface area contributed by atoms with E-state index in [0.29, 0.717) is 6.42 Å². The fourth-order valence-corrected chi connectivity index (χ4v) is 2.95. The van der Waals surface area contributed by atoms with Gasteiger partial charge in [-0.05, 0) is 37.6 Å². The van der Waals surface area contributed by atoms with Gasteiger partial charge in [0.1, 0.15) is 5.75 Å². The predicted octanol–water partition coefficient (Wildman–Crippen LogP) is 2.29. The van der Waals surface area contributed by atoms with Gasteiger partial charge in [-0.3, -0.25) is 0 Å². The van der Waals surface area contributed by atoms with Gasteiger partial charge in [-0.2, -0.15) is 0 Å². The van der Waals surface area contributed by atoms with E-state index in [1.165, 1.54) is 0 Å². The molecule has 0 saturated heterocycles. The SMILES string of the molecule is [2H]C([2H])([2H])Oc1cccc([C@@]2(O)CCCC[C@@H]2CNC)c1. The minimum Gasteiger partial charge on any atom is -0.497 e. The molecule has 1 fully saturated rings. The molecule has 0 aromatic heterocycles. The Labute approximate surface area is 113 Å². The standard InChI is InChI=1S/C15H23NO2/c1-16-11-13-6-3-4-9-15(13,17)12-7-5-8-14(10-12)18-2/h5,7-8,10,13,16-17H,3-4,6,9,11H2,1-2H3/t13-,15+/m1/s1/i2D3. The number of hydrogen-bond donors (Lipinski definition) is 2. The third kappa shape index (κ3) is 2.52. The van der Waals surface area contributed by atoms with Crippen molar-refractivity contribution in [3.63, 3.8) is 0 Å². The minimum atomic E-state index is -2.47. The lowest BCUT2D eigenvalue weighted by atomic mass is 9.71. The molecule has 1 saturated carbocycles. The zero-order valence-electron chi connectivity index (χ0n) is 13.8. The highest BCUT2D eigenvalue weighted by molar-refractivity contribution is 5.33. The maximum Gasteiger partial charge on any atom is 0.119 e. The van der Waals surface area contributed by atoms with Crippen LogP contribution in [0.25, 0.3) is 0 Å². The van der Waals surface area contributed by atoms with E-state index >= 15 is 0 Å². The monoisotopic (exact) mass is 252 g/mol. The van der Waals surface area contributed by atoms with Crippen LogP contribution in [-0.2, 0) is 5.60 Å². The topological polar surface area (TPSA) is 41.5 Å². The largest absolute Gasteiger partial charge is 0.497 e. The van der Waals surface area contributed by atoms with E-state index in [2.05, 4.69) is 5.32 Å². The molecular weight excluding hydrogens is 226 g/mol. The van der Waals surface area contributed by atoms with Crippen LogP contribution in [0.1, 0.15) is 35.4 Å². The Hall–Kier alpha value is -1.06. The van der Waals surface area contributed by atoms with Crippen molar-refractivity contribution >= 4 is 0 Å². The van der Waals surface area contributed by atoms with Crippen LogP contribution in [-0.4, -0.2) is 25.7 Å². The summed E-state index contributed by atoms with van der Waals surface area (Å²) in [5.74, 6) is 0.397. The first-order valence-corrected chi connectivity index (χ1v) is 6.52. The molecule has 0 bridgehead atoms. The molecule has 0 amide bonds. The first kappa shape index (κ1) is 9.82. The summed E-state index contributed by atoms with van der Waals surface area (Å²) in [4.78, 5) is 0. The molecule has 0 spiro atoms. The molecule has 1 aromatic carbocycles. The molecule has 0 aliphatic heterocycles. The van der Waals surface area contributed by atoms with Crippen LogP contribution < -0.4 is 10.1 Å². The van der Waals surface area contributed by atoms with Crippen molar-refractivity contribution in [3.8, 4) is 5.75 Å². The van der Waals surface area contributed by atoms with Gasteiger partial charge in [-0.1, -0.05) is 25.0 Å². The number of nitrogens with one attached hydrogen (secondary N) is 1. The number of rotatable bonds is 4. The predicted molar refractivity (Wildman–Crippen MR) is 72.8 cm³/mol. The van der Waals surface area contributed by atoms with E-state index in [1.54, 1.807) is 18.2 Å². The van der Waals surface area contributed by atoms with E-state index in [1.807, 2.05) is 13.1 Å². The molecule has 1 aliphatic rings. The van der Waals surface area contributed by atoms with Crippen molar-refractivity contribution in [2.75, 3.05) is 20.6 Å². The number of methoxy groups -OCH3 is 1. The second kappa shape index (κ2) is 5.72. The maximum atomic E-state index is 11.1. The van der Waals surface area contributed by atoms with Gasteiger partial charge in [0.05, 0.1) is 16.8 Å². The Bertz CT molecular complexity index is 476. The minimum absolute atomic E-state index is 0.124. The Kier molecular flexibility index (Phi) is 3.12. The van der Waals surface area contributed by atoms with E-state index in [0.717, 1.165) is 31.4 Å². The average molecular weight is 252 g/mol. The van der Waals surface area contributed by atoms with Crippen LogP contribution in [0.2, 0.25) is 0 Å². The van der Waals surface area contributed by atoms with Crippen molar-refractivity contribution in [1.82, 2.24) is 5.32 Å². The molecule has 2 rings (SSSR count). The summed E-state index contributed by atoms with van der Waals surface area (Å²) in [6, 6.07) is 6.84. The molecule has 2 atom stereocenters. The summed E-state index contributed by atoms with van der Waals surface area (Å²) in [6.45, 7) is 0.737. The van der Waals surface area contributed by atoms with Crippen molar-refractivity contribution in [3.05, 3.63) is 29.8 Å². The van der Waals surface area contributed by atoms with Crippen LogP contribution in [0, 0.1) is 5.92 Å². The summed E-state index contributed by atoms with van der Waals surface area (Å²) in [6.07, 6.45) is 3.74. The zero-order chi connectivity index (χ0) is 15.5. The molecular formula is C15H23NO2. The van der Waals surface area contributed by atoms with Gasteiger partial charge < -0.3 is 15.2 Å². The van der Waals surface area contributed by atoms with E-state index < -0.39 is 12.6 Å². The lowest BCUT2D eigenvalue weighted by Crippen LogP contribution is -2.42. The molecule has 100 valence electrons. The van der Waals surface area contributed by atoms with E-state index in [-0.39, 0.29) is 11.7 Å². The quantitative estimate of drug-likeness (QED) is 0.864. The number of hydrogen-bond acceptors (Lipinski definition) is 3. The molecule has 2 N–H and O–H groups in total. The lowest BCUT2D eigenvalue weighted by molar-refractivity contribution is -0.0531. The Balaban J connectivity index is 2.28. The summed E-state index contributed by atoms with van der Waals surface area (Å²) < 4.78 is 26.5. The lowest BCUT2D eigenvalue weighted by Gasteiger charge is -2.40. The fraction of sp³-hybridized carbons (Fsp3) is 0.600. The first-order valence-electron chi connectivity index (χ1n) is 8.02. The highest BCUT2D eigenvalue weighted by atomic mass is 16.5. The Morgan fingerprint density at radius 3 is 3.22 bits per heavy atom. The molecule has 18 heavy (non-hydrogen) atoms. The molecule has 0 unspecified atom stereocenters. The summed E-state index contributed by atoms with van der Waals surface area (Å²) in [5, 5.41) is 14.3. The molecule has 0 heterocycles. The third-order valence-electron chi connectivity index (χ3n) is 3.94. The van der Waals surface area contributed by atoms with Gasteiger partial charge in [-0.25, -0.2) is 0 Å². The maximum absolute atomic E-state index is 11.1. The normalized spacial score (nSPS) is 31.2. The van der Waals surface area contributed by atoms with E-state index in [4.69, 9.17) is 8.85 Å². The average Bonchev–Trinajstić information content (AvgIpc) is 2.40. The van der Waals surface area contributed by atoms with Crippen molar-refractivity contribution in [1.29, 1.82) is 0 Å². The van der Waals surface area contributed by atoms with E-state index in [9.17, 15) is 5.11 Å². The number of aliphatic hydroxyl groups is 1. The first-order chi connectivity index (χ1) is 9.85. The van der Waals surface area contributed by atoms with Crippen LogP contribution in [0.4, 0.5) is 0 Å². The van der Waals surface area contributed by atoms with Crippen LogP contribution in [0.15, 0.2) is 24.3 Å². The third-order valence-corrected chi connectivity index (χ3v) is 3.94. The van der Waals surface area contributed by atoms with Gasteiger partial charge in [-0.15, -0.1) is 0 Å². The molecule has 1 aromatic rings. The second-order valence-electron chi connectivity index (χ2n) is 5.05. The van der Waals surface area contributed by atoms with Crippen LogP contribution in [0.3, 0.4) is 0 Å². The molecule has 1 aliphatic carbocycles. The molecule has 3 heteroatoms. The number of ether oxygens (including phenoxy) is 1. The fourth-order valence-electron chi connectivity index (χ4n) is 2.95. The highest BCUT2D eigenvalue weighted by Crippen LogP contribution is 2.42. The van der Waals surface area contributed by atoms with Crippen molar-refractivity contribution in [2.24, 2.45) is 5.92 Å².